The highest BCUT2D eigenvalue weighted by atomic mass is 35.5. The minimum atomic E-state index is -0.441. The number of fused-ring (bicyclic) bond motifs is 1. The average Bonchev–Trinajstić information content (AvgIpc) is 2.57. The number of hydrogen-bond acceptors (Lipinski definition) is 4. The topological polar surface area (TPSA) is 75.3 Å². The van der Waals surface area contributed by atoms with Gasteiger partial charge in [-0.2, -0.15) is 0 Å². The van der Waals surface area contributed by atoms with Crippen LogP contribution < -0.4 is 10.6 Å². The summed E-state index contributed by atoms with van der Waals surface area (Å²) in [4.78, 5) is 37.0. The molecule has 2 aromatic carbocycles. The maximum Gasteiger partial charge on any atom is 0.221 e. The first-order valence-corrected chi connectivity index (χ1v) is 7.58. The van der Waals surface area contributed by atoms with Gasteiger partial charge < -0.3 is 10.6 Å². The van der Waals surface area contributed by atoms with Crippen molar-refractivity contribution in [1.82, 2.24) is 5.32 Å². The van der Waals surface area contributed by atoms with E-state index in [9.17, 15) is 14.4 Å². The highest BCUT2D eigenvalue weighted by molar-refractivity contribution is 6.34. The summed E-state index contributed by atoms with van der Waals surface area (Å²) in [5.74, 6) is -1.24. The lowest BCUT2D eigenvalue weighted by atomic mass is 9.90. The molecule has 0 heterocycles. The second-order valence-corrected chi connectivity index (χ2v) is 5.65. The molecule has 0 aromatic heterocycles. The first-order chi connectivity index (χ1) is 11.5. The fourth-order valence-corrected chi connectivity index (χ4v) is 2.67. The van der Waals surface area contributed by atoms with Gasteiger partial charge in [-0.25, -0.2) is 0 Å². The van der Waals surface area contributed by atoms with Crippen LogP contribution in [0.1, 0.15) is 27.6 Å². The van der Waals surface area contributed by atoms with Gasteiger partial charge in [-0.15, -0.1) is 0 Å². The van der Waals surface area contributed by atoms with Gasteiger partial charge in [0.1, 0.15) is 11.4 Å². The maximum absolute atomic E-state index is 12.8. The minimum Gasteiger partial charge on any atom is -0.349 e. The molecule has 0 saturated carbocycles. The normalized spacial score (nSPS) is 13.6. The highest BCUT2D eigenvalue weighted by Gasteiger charge is 2.33. The van der Waals surface area contributed by atoms with E-state index in [4.69, 9.17) is 11.6 Å². The molecule has 0 radical (unpaired) electrons. The number of Topliss-reactive ketones (excluding diaryl/α,β-unsaturated/α-hetero) is 2. The molecule has 0 spiro atoms. The van der Waals surface area contributed by atoms with Crippen LogP contribution in [0.2, 0.25) is 5.02 Å². The summed E-state index contributed by atoms with van der Waals surface area (Å²) in [6, 6.07) is 13.3. The molecule has 2 N–H and O–H groups in total. The Morgan fingerprint density at radius 2 is 1.42 bits per heavy atom. The van der Waals surface area contributed by atoms with Gasteiger partial charge in [0.25, 0.3) is 0 Å². The van der Waals surface area contributed by atoms with Gasteiger partial charge in [-0.05, 0) is 12.1 Å². The number of benzene rings is 2. The molecule has 24 heavy (non-hydrogen) atoms. The Hall–Kier alpha value is -2.92. The summed E-state index contributed by atoms with van der Waals surface area (Å²) in [7, 11) is 0. The second kappa shape index (κ2) is 6.29. The van der Waals surface area contributed by atoms with E-state index in [1.54, 1.807) is 48.5 Å². The molecule has 1 aliphatic carbocycles. The third-order valence-corrected chi connectivity index (χ3v) is 3.88. The number of rotatable bonds is 3. The smallest absolute Gasteiger partial charge is 0.221 e. The van der Waals surface area contributed by atoms with E-state index >= 15 is 0 Å². The van der Waals surface area contributed by atoms with Crippen LogP contribution in [0, 0.1) is 0 Å². The van der Waals surface area contributed by atoms with Crippen molar-refractivity contribution in [2.24, 2.45) is 0 Å². The Morgan fingerprint density at radius 1 is 0.875 bits per heavy atom. The van der Waals surface area contributed by atoms with Crippen LogP contribution in [-0.4, -0.2) is 17.5 Å². The molecular weight excluding hydrogens is 328 g/mol. The van der Waals surface area contributed by atoms with Crippen molar-refractivity contribution in [3.8, 4) is 0 Å². The van der Waals surface area contributed by atoms with Crippen LogP contribution in [-0.2, 0) is 4.79 Å². The predicted molar refractivity (Wildman–Crippen MR) is 91.0 cm³/mol. The number of hydrogen-bond donors (Lipinski definition) is 2. The number of carbonyl (C=O) groups is 3. The molecule has 0 saturated heterocycles. The number of para-hydroxylation sites is 1. The lowest BCUT2D eigenvalue weighted by molar-refractivity contribution is -0.118. The molecule has 0 aliphatic heterocycles. The zero-order valence-corrected chi connectivity index (χ0v) is 13.5. The van der Waals surface area contributed by atoms with Crippen molar-refractivity contribution >= 4 is 34.8 Å². The molecule has 0 bridgehead atoms. The third-order valence-electron chi connectivity index (χ3n) is 3.55. The Labute approximate surface area is 143 Å². The summed E-state index contributed by atoms with van der Waals surface area (Å²) in [6.45, 7) is 1.28. The van der Waals surface area contributed by atoms with Gasteiger partial charge in [0.05, 0.1) is 10.7 Å². The number of anilines is 1. The SMILES string of the molecule is CC(=O)NC1=C(Nc2ccccc2Cl)C(=O)c2ccccc2C1=O. The molecule has 0 unspecified atom stereocenters. The van der Waals surface area contributed by atoms with E-state index in [1.165, 1.54) is 6.92 Å². The number of ketones is 2. The first kappa shape index (κ1) is 16.0. The van der Waals surface area contributed by atoms with E-state index in [1.807, 2.05) is 0 Å². The molecule has 6 heteroatoms. The molecule has 120 valence electrons. The molecule has 5 nitrogen and oxygen atoms in total. The van der Waals surface area contributed by atoms with Gasteiger partial charge in [-0.1, -0.05) is 48.0 Å². The zero-order chi connectivity index (χ0) is 17.3. The van der Waals surface area contributed by atoms with Crippen molar-refractivity contribution in [3.05, 3.63) is 76.1 Å². The van der Waals surface area contributed by atoms with E-state index in [0.717, 1.165) is 0 Å². The summed E-state index contributed by atoms with van der Waals surface area (Å²) in [5.41, 5.74) is 0.938. The van der Waals surface area contributed by atoms with Gasteiger partial charge >= 0.3 is 0 Å². The molecule has 2 aromatic rings. The standard InChI is InChI=1S/C18H13ClN2O3/c1-10(22)20-15-16(21-14-9-5-4-8-13(14)19)18(24)12-7-3-2-6-11(12)17(15)23/h2-9,21H,1H3,(H,20,22). The molecule has 1 aliphatic rings. The lowest BCUT2D eigenvalue weighted by Crippen LogP contribution is -2.35. The minimum absolute atomic E-state index is 0.00185. The van der Waals surface area contributed by atoms with Gasteiger partial charge in [0, 0.05) is 18.1 Å². The Kier molecular flexibility index (Phi) is 4.18. The molecular formula is C18H13ClN2O3. The van der Waals surface area contributed by atoms with Crippen LogP contribution in [0.15, 0.2) is 59.9 Å². The van der Waals surface area contributed by atoms with Crippen LogP contribution in [0.4, 0.5) is 5.69 Å². The van der Waals surface area contributed by atoms with E-state index in [0.29, 0.717) is 10.7 Å². The molecule has 1 amide bonds. The van der Waals surface area contributed by atoms with Crippen molar-refractivity contribution in [3.63, 3.8) is 0 Å². The maximum atomic E-state index is 12.8. The predicted octanol–water partition coefficient (Wildman–Crippen LogP) is 3.18. The van der Waals surface area contributed by atoms with E-state index in [2.05, 4.69) is 10.6 Å². The monoisotopic (exact) mass is 340 g/mol. The van der Waals surface area contributed by atoms with Crippen molar-refractivity contribution in [1.29, 1.82) is 0 Å². The fraction of sp³-hybridized carbons (Fsp3) is 0.0556. The summed E-state index contributed by atoms with van der Waals surface area (Å²) < 4.78 is 0. The van der Waals surface area contributed by atoms with Crippen molar-refractivity contribution < 1.29 is 14.4 Å². The number of nitrogens with one attached hydrogen (secondary N) is 2. The van der Waals surface area contributed by atoms with Gasteiger partial charge in [0.15, 0.2) is 0 Å². The number of halogens is 1. The Bertz CT molecular complexity index is 903. The van der Waals surface area contributed by atoms with E-state index in [-0.39, 0.29) is 28.3 Å². The largest absolute Gasteiger partial charge is 0.349 e. The number of amides is 1. The molecule has 0 fully saturated rings. The fourth-order valence-electron chi connectivity index (χ4n) is 2.49. The number of allylic oxidation sites excluding steroid dienone is 2. The third kappa shape index (κ3) is 2.81. The number of carbonyl (C=O) groups excluding carboxylic acids is 3. The van der Waals surface area contributed by atoms with Crippen LogP contribution in [0.3, 0.4) is 0 Å². The Morgan fingerprint density at radius 3 is 2.00 bits per heavy atom. The second-order valence-electron chi connectivity index (χ2n) is 5.24. The molecule has 0 atom stereocenters. The first-order valence-electron chi connectivity index (χ1n) is 7.21. The van der Waals surface area contributed by atoms with Gasteiger partial charge in [0.2, 0.25) is 17.5 Å². The lowest BCUT2D eigenvalue weighted by Gasteiger charge is -2.22. The van der Waals surface area contributed by atoms with Gasteiger partial charge in [-0.3, -0.25) is 14.4 Å². The van der Waals surface area contributed by atoms with Crippen LogP contribution >= 0.6 is 11.6 Å². The Balaban J connectivity index is 2.14. The summed E-state index contributed by atoms with van der Waals surface area (Å²) in [5, 5.41) is 5.74. The highest BCUT2D eigenvalue weighted by Crippen LogP contribution is 2.29. The summed E-state index contributed by atoms with van der Waals surface area (Å²) >= 11 is 6.11. The quantitative estimate of drug-likeness (QED) is 0.899. The van der Waals surface area contributed by atoms with Crippen LogP contribution in [0.5, 0.6) is 0 Å². The van der Waals surface area contributed by atoms with Crippen LogP contribution in [0.25, 0.3) is 0 Å². The van der Waals surface area contributed by atoms with Crippen molar-refractivity contribution in [2.45, 2.75) is 6.92 Å². The van der Waals surface area contributed by atoms with Crippen molar-refractivity contribution in [2.75, 3.05) is 5.32 Å². The zero-order valence-electron chi connectivity index (χ0n) is 12.7. The summed E-state index contributed by atoms with van der Waals surface area (Å²) in [6.07, 6.45) is 0. The molecule has 3 rings (SSSR count). The van der Waals surface area contributed by atoms with E-state index < -0.39 is 11.7 Å². The average molecular weight is 341 g/mol.